The Kier molecular flexibility index (Phi) is 11.3. The van der Waals surface area contributed by atoms with E-state index in [4.69, 9.17) is 27.9 Å². The molecule has 3 aromatic rings. The summed E-state index contributed by atoms with van der Waals surface area (Å²) in [5.41, 5.74) is 1.54. The second-order valence-electron chi connectivity index (χ2n) is 9.71. The number of halogens is 3. The van der Waals surface area contributed by atoms with Gasteiger partial charge in [-0.25, -0.2) is 4.39 Å². The third-order valence-electron chi connectivity index (χ3n) is 6.56. The van der Waals surface area contributed by atoms with Gasteiger partial charge >= 0.3 is 5.97 Å². The summed E-state index contributed by atoms with van der Waals surface area (Å²) in [7, 11) is 0. The second-order valence-corrected chi connectivity index (χ2v) is 11.9. The minimum Gasteiger partial charge on any atom is -0.481 e. The number of ether oxygens (including phenoxy) is 1. The largest absolute Gasteiger partial charge is 0.481 e. The van der Waals surface area contributed by atoms with E-state index in [-0.39, 0.29) is 25.6 Å². The van der Waals surface area contributed by atoms with Crippen LogP contribution in [0.1, 0.15) is 30.9 Å². The third-order valence-corrected chi connectivity index (χ3v) is 8.45. The summed E-state index contributed by atoms with van der Waals surface area (Å²) < 4.78 is 21.2. The molecule has 0 bridgehead atoms. The van der Waals surface area contributed by atoms with Crippen molar-refractivity contribution in [2.24, 2.45) is 0 Å². The Labute approximate surface area is 252 Å². The molecule has 1 heterocycles. The van der Waals surface area contributed by atoms with Crippen LogP contribution in [0, 0.1) is 5.82 Å². The average molecular weight is 622 g/mol. The summed E-state index contributed by atoms with van der Waals surface area (Å²) in [6, 6.07) is 21.4. The Balaban J connectivity index is 0.000000483. The Hall–Kier alpha value is -2.82. The minimum atomic E-state index is -1.14. The lowest BCUT2D eigenvalue weighted by Gasteiger charge is -2.44. The molecular weight excluding hydrogens is 590 g/mol. The third kappa shape index (κ3) is 9.08. The van der Waals surface area contributed by atoms with Crippen molar-refractivity contribution in [2.75, 3.05) is 24.1 Å². The van der Waals surface area contributed by atoms with Crippen LogP contribution in [0.3, 0.4) is 0 Å². The van der Waals surface area contributed by atoms with Crippen molar-refractivity contribution in [1.29, 1.82) is 0 Å². The summed E-state index contributed by atoms with van der Waals surface area (Å²) in [4.78, 5) is 26.3. The number of carboxylic acids is 1. The van der Waals surface area contributed by atoms with Gasteiger partial charge in [-0.1, -0.05) is 53.5 Å². The highest BCUT2D eigenvalue weighted by Gasteiger charge is 2.42. The maximum Gasteiger partial charge on any atom is 0.306 e. The molecule has 1 aliphatic heterocycles. The first-order valence-corrected chi connectivity index (χ1v) is 14.8. The predicted octanol–water partition coefficient (Wildman–Crippen LogP) is 6.24. The number of aliphatic hydroxyl groups excluding tert-OH is 1. The number of anilines is 1. The van der Waals surface area contributed by atoms with Gasteiger partial charge in [-0.15, -0.1) is 0 Å². The van der Waals surface area contributed by atoms with Gasteiger partial charge in [-0.2, -0.15) is 0 Å². The Bertz CT molecular complexity index is 1280. The first-order chi connectivity index (χ1) is 19.7. The van der Waals surface area contributed by atoms with Gasteiger partial charge in [0.15, 0.2) is 0 Å². The van der Waals surface area contributed by atoms with Crippen LogP contribution < -0.4 is 4.31 Å². The van der Waals surface area contributed by atoms with Crippen molar-refractivity contribution < 1.29 is 28.9 Å². The average Bonchev–Trinajstić information content (AvgIpc) is 3.78. The number of rotatable bonds is 10. The maximum absolute atomic E-state index is 13.5. The fraction of sp³-hybridized carbons (Fsp3) is 0.333. The molecule has 2 fully saturated rings. The Morgan fingerprint density at radius 3 is 2.20 bits per heavy atom. The molecule has 0 aromatic heterocycles. The van der Waals surface area contributed by atoms with Crippen LogP contribution in [-0.4, -0.2) is 64.1 Å². The van der Waals surface area contributed by atoms with Crippen molar-refractivity contribution in [1.82, 2.24) is 4.90 Å². The highest BCUT2D eigenvalue weighted by atomic mass is 35.5. The van der Waals surface area contributed by atoms with Crippen LogP contribution in [-0.2, 0) is 14.3 Å². The quantitative estimate of drug-likeness (QED) is 0.259. The molecule has 3 aromatic carbocycles. The molecule has 5 rings (SSSR count). The number of hydrogen-bond donors (Lipinski definition) is 2. The fourth-order valence-electron chi connectivity index (χ4n) is 4.37. The van der Waals surface area contributed by atoms with Crippen molar-refractivity contribution in [2.45, 2.75) is 42.7 Å². The molecule has 7 nitrogen and oxygen atoms in total. The molecule has 2 aliphatic rings. The zero-order valence-electron chi connectivity index (χ0n) is 22.1. The highest BCUT2D eigenvalue weighted by molar-refractivity contribution is 8.01. The smallest absolute Gasteiger partial charge is 0.306 e. The number of carbonyl (C=O) groups excluding carboxylic acids is 1. The normalized spacial score (nSPS) is 19.2. The lowest BCUT2D eigenvalue weighted by molar-refractivity contribution is -0.169. The number of carboxylic acid groups (broad SMARTS) is 1. The molecule has 1 saturated heterocycles. The first-order valence-electron chi connectivity index (χ1n) is 13.2. The van der Waals surface area contributed by atoms with E-state index in [0.717, 1.165) is 29.1 Å². The van der Waals surface area contributed by atoms with Crippen LogP contribution in [0.5, 0.6) is 0 Å². The Morgan fingerprint density at radius 1 is 1.02 bits per heavy atom. The molecule has 0 spiro atoms. The van der Waals surface area contributed by atoms with Crippen LogP contribution in [0.15, 0.2) is 78.9 Å². The number of amides is 1. The van der Waals surface area contributed by atoms with E-state index in [1.807, 2.05) is 34.6 Å². The van der Waals surface area contributed by atoms with E-state index in [0.29, 0.717) is 10.3 Å². The van der Waals surface area contributed by atoms with Gasteiger partial charge in [-0.05, 0) is 78.9 Å². The highest BCUT2D eigenvalue weighted by Crippen LogP contribution is 2.40. The molecule has 1 amide bonds. The van der Waals surface area contributed by atoms with Gasteiger partial charge in [0.25, 0.3) is 5.91 Å². The number of aliphatic hydroxyl groups is 1. The molecule has 41 heavy (non-hydrogen) atoms. The van der Waals surface area contributed by atoms with Crippen molar-refractivity contribution in [3.05, 3.63) is 100 Å². The molecule has 2 N–H and O–H groups in total. The number of nitrogens with zero attached hydrogens (tertiary/aromatic N) is 2. The predicted molar refractivity (Wildman–Crippen MR) is 160 cm³/mol. The van der Waals surface area contributed by atoms with Crippen molar-refractivity contribution in [3.8, 4) is 0 Å². The topological polar surface area (TPSA) is 90.3 Å². The first kappa shape index (κ1) is 31.1. The summed E-state index contributed by atoms with van der Waals surface area (Å²) in [5, 5.41) is 21.4. The molecule has 11 heteroatoms. The summed E-state index contributed by atoms with van der Waals surface area (Å²) in [6.07, 6.45) is 0.540. The van der Waals surface area contributed by atoms with Gasteiger partial charge in [0.1, 0.15) is 11.9 Å². The van der Waals surface area contributed by atoms with E-state index < -0.39 is 36.5 Å². The number of benzene rings is 3. The van der Waals surface area contributed by atoms with Gasteiger partial charge in [0, 0.05) is 21.0 Å². The van der Waals surface area contributed by atoms with Gasteiger partial charge in [0.2, 0.25) is 0 Å². The monoisotopic (exact) mass is 620 g/mol. The van der Waals surface area contributed by atoms with E-state index in [1.165, 1.54) is 12.1 Å². The summed E-state index contributed by atoms with van der Waals surface area (Å²) >= 11 is 13.2. The fourth-order valence-corrected chi connectivity index (χ4v) is 5.85. The van der Waals surface area contributed by atoms with Gasteiger partial charge < -0.3 is 24.2 Å². The second kappa shape index (κ2) is 14.9. The van der Waals surface area contributed by atoms with E-state index in [2.05, 4.69) is 0 Å². The standard InChI is InChI=1S/C24H26ClFN2O5S.C6H5Cl/c25-16-3-1-15(2-4-16)21-14-33-22(11-23(30)31)24(32)28(21)19(13-29)12-27(34-20-9-10-20)18-7-5-17(26)6-8-18;7-6-4-2-1-3-5-6/h1-8,19-22,29H,9-14H2,(H,30,31);1-5H/t19-,21+,22-;/m1./s1. The molecule has 218 valence electrons. The number of aliphatic carboxylic acids is 1. The zero-order chi connectivity index (χ0) is 29.4. The van der Waals surface area contributed by atoms with Crippen LogP contribution in [0.2, 0.25) is 10.0 Å². The van der Waals surface area contributed by atoms with E-state index in [9.17, 15) is 24.2 Å². The molecule has 1 aliphatic carbocycles. The molecule has 1 saturated carbocycles. The van der Waals surface area contributed by atoms with Crippen LogP contribution in [0.25, 0.3) is 0 Å². The zero-order valence-corrected chi connectivity index (χ0v) is 24.4. The molecule has 0 unspecified atom stereocenters. The van der Waals surface area contributed by atoms with E-state index >= 15 is 0 Å². The summed E-state index contributed by atoms with van der Waals surface area (Å²) in [6.45, 7) is 0.0333. The summed E-state index contributed by atoms with van der Waals surface area (Å²) in [5.74, 6) is -1.97. The lowest BCUT2D eigenvalue weighted by atomic mass is 9.99. The lowest BCUT2D eigenvalue weighted by Crippen LogP contribution is -2.57. The maximum atomic E-state index is 13.5. The SMILES string of the molecule is Clc1ccccc1.O=C(O)C[C@H]1OC[C@@H](c2ccc(Cl)cc2)N([C@@H](CO)CN(SC2CC2)c2ccc(F)cc2)C1=O. The van der Waals surface area contributed by atoms with Crippen LogP contribution in [0.4, 0.5) is 10.1 Å². The van der Waals surface area contributed by atoms with Gasteiger partial charge in [0.05, 0.1) is 38.3 Å². The number of morpholine rings is 1. The van der Waals surface area contributed by atoms with Crippen molar-refractivity contribution in [3.63, 3.8) is 0 Å². The van der Waals surface area contributed by atoms with Crippen molar-refractivity contribution >= 4 is 52.7 Å². The Morgan fingerprint density at radius 2 is 1.66 bits per heavy atom. The van der Waals surface area contributed by atoms with Crippen LogP contribution >= 0.6 is 35.1 Å². The van der Waals surface area contributed by atoms with Gasteiger partial charge in [-0.3, -0.25) is 9.59 Å². The molecule has 3 atom stereocenters. The molecular formula is C30H31Cl2FN2O5S. The molecule has 0 radical (unpaired) electrons. The number of carbonyl (C=O) groups is 2. The minimum absolute atomic E-state index is 0.0914. The number of hydrogen-bond acceptors (Lipinski definition) is 6. The van der Waals surface area contributed by atoms with E-state index in [1.54, 1.807) is 53.2 Å².